The SMILES string of the molecule is CCCCCCCCCCCCCCCC(=O)O.CCCCCCCCCCCCCCCCCC(=O)O.OCCOCCO. The van der Waals surface area contributed by atoms with Crippen molar-refractivity contribution in [1.29, 1.82) is 0 Å². The van der Waals surface area contributed by atoms with Gasteiger partial charge in [0.2, 0.25) is 0 Å². The Morgan fingerprint density at radius 2 is 0.578 bits per heavy atom. The maximum atomic E-state index is 10.3. The fourth-order valence-electron chi connectivity index (χ4n) is 5.17. The third-order valence-electron chi connectivity index (χ3n) is 7.96. The molecule has 0 bridgehead atoms. The van der Waals surface area contributed by atoms with Crippen LogP contribution in [0.15, 0.2) is 0 Å². The summed E-state index contributed by atoms with van der Waals surface area (Å²) in [5.74, 6) is -1.31. The van der Waals surface area contributed by atoms with Gasteiger partial charge in [-0.25, -0.2) is 0 Å². The lowest BCUT2D eigenvalue weighted by atomic mass is 10.0. The lowest BCUT2D eigenvalue weighted by molar-refractivity contribution is -0.138. The summed E-state index contributed by atoms with van der Waals surface area (Å²) in [5.41, 5.74) is 0. The lowest BCUT2D eigenvalue weighted by Gasteiger charge is -2.03. The molecule has 0 spiro atoms. The summed E-state index contributed by atoms with van der Waals surface area (Å²) < 4.78 is 4.63. The Bertz CT molecular complexity index is 538. The molecule has 7 heteroatoms. The molecule has 0 atom stereocenters. The molecular weight excluding hydrogens is 568 g/mol. The number of carboxylic acid groups (broad SMARTS) is 2. The summed E-state index contributed by atoms with van der Waals surface area (Å²) in [4.78, 5) is 20.6. The predicted octanol–water partition coefficient (Wildman–Crippen LogP) is 10.9. The third kappa shape index (κ3) is 58.8. The first-order valence-electron chi connectivity index (χ1n) is 19.2. The molecule has 0 saturated carbocycles. The Morgan fingerprint density at radius 1 is 0.378 bits per heavy atom. The van der Waals surface area contributed by atoms with Crippen molar-refractivity contribution >= 4 is 11.9 Å². The van der Waals surface area contributed by atoms with Crippen LogP contribution in [0.25, 0.3) is 0 Å². The van der Waals surface area contributed by atoms with E-state index in [9.17, 15) is 9.59 Å². The van der Waals surface area contributed by atoms with Crippen molar-refractivity contribution in [3.05, 3.63) is 0 Å². The van der Waals surface area contributed by atoms with E-state index in [1.54, 1.807) is 0 Å². The second-order valence-electron chi connectivity index (χ2n) is 12.5. The van der Waals surface area contributed by atoms with Gasteiger partial charge in [-0.05, 0) is 12.8 Å². The Hall–Kier alpha value is -1.18. The number of hydrogen-bond donors (Lipinski definition) is 4. The minimum atomic E-state index is -0.655. The van der Waals surface area contributed by atoms with E-state index < -0.39 is 11.9 Å². The fourth-order valence-corrected chi connectivity index (χ4v) is 5.17. The van der Waals surface area contributed by atoms with Gasteiger partial charge in [0.15, 0.2) is 0 Å². The number of carboxylic acids is 2. The molecule has 0 fully saturated rings. The molecule has 0 aromatic rings. The smallest absolute Gasteiger partial charge is 0.303 e. The largest absolute Gasteiger partial charge is 0.481 e. The summed E-state index contributed by atoms with van der Waals surface area (Å²) in [6.45, 7) is 5.23. The van der Waals surface area contributed by atoms with Gasteiger partial charge in [0.1, 0.15) is 0 Å². The van der Waals surface area contributed by atoms with E-state index in [1.165, 1.54) is 154 Å². The third-order valence-corrected chi connectivity index (χ3v) is 7.96. The van der Waals surface area contributed by atoms with Crippen LogP contribution in [0.5, 0.6) is 0 Å². The minimum absolute atomic E-state index is 0.0278. The topological polar surface area (TPSA) is 124 Å². The zero-order chi connectivity index (χ0) is 33.9. The van der Waals surface area contributed by atoms with E-state index in [1.807, 2.05) is 0 Å². The van der Waals surface area contributed by atoms with E-state index in [-0.39, 0.29) is 13.2 Å². The molecule has 0 amide bonds. The molecule has 4 N–H and O–H groups in total. The summed E-state index contributed by atoms with van der Waals surface area (Å²) in [6.07, 6.45) is 37.5. The first-order valence-corrected chi connectivity index (χ1v) is 19.2. The van der Waals surface area contributed by atoms with Crippen molar-refractivity contribution in [3.8, 4) is 0 Å². The van der Waals surface area contributed by atoms with E-state index in [4.69, 9.17) is 20.4 Å². The van der Waals surface area contributed by atoms with Gasteiger partial charge < -0.3 is 25.2 Å². The van der Waals surface area contributed by atoms with Crippen molar-refractivity contribution < 1.29 is 34.8 Å². The van der Waals surface area contributed by atoms with Crippen LogP contribution < -0.4 is 0 Å². The van der Waals surface area contributed by atoms with E-state index in [0.29, 0.717) is 26.1 Å². The summed E-state index contributed by atoms with van der Waals surface area (Å²) >= 11 is 0. The van der Waals surface area contributed by atoms with E-state index in [0.717, 1.165) is 25.7 Å². The number of rotatable bonds is 34. The van der Waals surface area contributed by atoms with Gasteiger partial charge in [-0.15, -0.1) is 0 Å². The number of hydrogen-bond acceptors (Lipinski definition) is 5. The molecule has 272 valence electrons. The maximum Gasteiger partial charge on any atom is 0.303 e. The van der Waals surface area contributed by atoms with Crippen molar-refractivity contribution in [1.82, 2.24) is 0 Å². The number of unbranched alkanes of at least 4 members (excludes halogenated alkanes) is 26. The molecule has 0 aliphatic heterocycles. The second-order valence-corrected chi connectivity index (χ2v) is 12.5. The number of aliphatic hydroxyl groups excluding tert-OH is 2. The molecule has 45 heavy (non-hydrogen) atoms. The average Bonchev–Trinajstić information content (AvgIpc) is 3.02. The zero-order valence-corrected chi connectivity index (χ0v) is 30.1. The van der Waals surface area contributed by atoms with Gasteiger partial charge in [-0.1, -0.05) is 181 Å². The second kappa shape index (κ2) is 47.2. The molecule has 0 radical (unpaired) electrons. The number of carbonyl (C=O) groups is 2. The Morgan fingerprint density at radius 3 is 0.756 bits per heavy atom. The van der Waals surface area contributed by atoms with Crippen LogP contribution >= 0.6 is 0 Å². The van der Waals surface area contributed by atoms with Gasteiger partial charge >= 0.3 is 11.9 Å². The van der Waals surface area contributed by atoms with Crippen LogP contribution in [-0.2, 0) is 14.3 Å². The monoisotopic (exact) mass is 647 g/mol. The van der Waals surface area contributed by atoms with Crippen LogP contribution in [0.4, 0.5) is 0 Å². The Labute approximate surface area is 279 Å². The van der Waals surface area contributed by atoms with Gasteiger partial charge in [0.05, 0.1) is 26.4 Å². The van der Waals surface area contributed by atoms with E-state index >= 15 is 0 Å². The van der Waals surface area contributed by atoms with Crippen LogP contribution in [0.3, 0.4) is 0 Å². The first kappa shape index (κ1) is 48.2. The predicted molar refractivity (Wildman–Crippen MR) is 190 cm³/mol. The van der Waals surface area contributed by atoms with Gasteiger partial charge in [-0.2, -0.15) is 0 Å². The summed E-state index contributed by atoms with van der Waals surface area (Å²) in [5, 5.41) is 33.2. The zero-order valence-electron chi connectivity index (χ0n) is 30.1. The minimum Gasteiger partial charge on any atom is -0.481 e. The molecule has 0 aromatic heterocycles. The molecule has 0 unspecified atom stereocenters. The Kier molecular flexibility index (Phi) is 50.6. The average molecular weight is 647 g/mol. The van der Waals surface area contributed by atoms with Crippen LogP contribution in [0.2, 0.25) is 0 Å². The van der Waals surface area contributed by atoms with E-state index in [2.05, 4.69) is 18.6 Å². The van der Waals surface area contributed by atoms with Gasteiger partial charge in [-0.3, -0.25) is 9.59 Å². The highest BCUT2D eigenvalue weighted by atomic mass is 16.5. The molecule has 0 rings (SSSR count). The van der Waals surface area contributed by atoms with Crippen LogP contribution in [-0.4, -0.2) is 58.8 Å². The number of ether oxygens (including phenoxy) is 1. The maximum absolute atomic E-state index is 10.3. The molecule has 0 aliphatic carbocycles. The highest BCUT2D eigenvalue weighted by Crippen LogP contribution is 2.14. The number of aliphatic hydroxyl groups is 2. The van der Waals surface area contributed by atoms with Gasteiger partial charge in [0, 0.05) is 12.8 Å². The molecule has 0 aliphatic rings. The summed E-state index contributed by atoms with van der Waals surface area (Å²) in [6, 6.07) is 0. The van der Waals surface area contributed by atoms with Crippen molar-refractivity contribution in [2.45, 2.75) is 206 Å². The van der Waals surface area contributed by atoms with Crippen molar-refractivity contribution in [2.24, 2.45) is 0 Å². The lowest BCUT2D eigenvalue weighted by Crippen LogP contribution is -2.03. The number of aliphatic carboxylic acids is 2. The standard InChI is InChI=1S/C18H36O2.C16H32O2.C4H10O3/c1-2-3-4-5-6-7-8-9-10-11-12-13-14-15-16-17-18(19)20;1-2-3-4-5-6-7-8-9-10-11-12-13-14-15-16(17)18;5-1-3-7-4-2-6/h2-17H2,1H3,(H,19,20);2-15H2,1H3,(H,17,18);5-6H,1-4H2. The van der Waals surface area contributed by atoms with Crippen molar-refractivity contribution in [3.63, 3.8) is 0 Å². The van der Waals surface area contributed by atoms with Crippen LogP contribution in [0, 0.1) is 0 Å². The summed E-state index contributed by atoms with van der Waals surface area (Å²) in [7, 11) is 0. The molecule has 0 saturated heterocycles. The quantitative estimate of drug-likeness (QED) is 0.0513. The van der Waals surface area contributed by atoms with Gasteiger partial charge in [0.25, 0.3) is 0 Å². The fraction of sp³-hybridized carbons (Fsp3) is 0.947. The molecule has 7 nitrogen and oxygen atoms in total. The van der Waals surface area contributed by atoms with Crippen LogP contribution in [0.1, 0.15) is 206 Å². The Balaban J connectivity index is -0.000000650. The molecule has 0 heterocycles. The first-order chi connectivity index (χ1) is 22.0. The molecule has 0 aromatic carbocycles. The highest BCUT2D eigenvalue weighted by molar-refractivity contribution is 5.66. The molecular formula is C38H78O7. The highest BCUT2D eigenvalue weighted by Gasteiger charge is 1.98. The van der Waals surface area contributed by atoms with Crippen molar-refractivity contribution in [2.75, 3.05) is 26.4 Å². The normalized spacial score (nSPS) is 10.6.